The van der Waals surface area contributed by atoms with Crippen LogP contribution in [0.2, 0.25) is 0 Å². The number of amides is 1. The fourth-order valence-corrected chi connectivity index (χ4v) is 4.88. The number of fused-ring (bicyclic) bond motifs is 2. The second-order valence-electron chi connectivity index (χ2n) is 7.71. The van der Waals surface area contributed by atoms with E-state index >= 15 is 0 Å². The zero-order chi connectivity index (χ0) is 22.5. The fourth-order valence-electron chi connectivity index (χ4n) is 3.75. The van der Waals surface area contributed by atoms with Crippen LogP contribution in [-0.2, 0) is 16.4 Å². The van der Waals surface area contributed by atoms with E-state index in [4.69, 9.17) is 4.42 Å². The van der Waals surface area contributed by atoms with E-state index in [1.165, 1.54) is 18.2 Å². The molecule has 0 radical (unpaired) electrons. The lowest BCUT2D eigenvalue weighted by atomic mass is 10.1. The largest absolute Gasteiger partial charge is 0.451 e. The topological polar surface area (TPSA) is 92.5 Å². The Labute approximate surface area is 183 Å². The highest BCUT2D eigenvalue weighted by Gasteiger charge is 2.25. The van der Waals surface area contributed by atoms with E-state index < -0.39 is 21.7 Å². The summed E-state index contributed by atoms with van der Waals surface area (Å²) >= 11 is 0. The smallest absolute Gasteiger partial charge is 0.300 e. The molecule has 0 saturated carbocycles. The highest BCUT2D eigenvalue weighted by molar-refractivity contribution is 7.90. The van der Waals surface area contributed by atoms with Crippen molar-refractivity contribution >= 4 is 43.5 Å². The SMILES string of the molecule is CCc1ccc2cccc(S(=O)(=O)NC(=O)c3cc4c(F)cc(N5CCC5)cc4o3)c2n1. The third-order valence-corrected chi connectivity index (χ3v) is 7.00. The molecule has 5 rings (SSSR count). The molecule has 32 heavy (non-hydrogen) atoms. The molecule has 1 N–H and O–H groups in total. The van der Waals surface area contributed by atoms with Gasteiger partial charge in [0.15, 0.2) is 5.76 Å². The molecule has 2 aromatic carbocycles. The summed E-state index contributed by atoms with van der Waals surface area (Å²) in [7, 11) is -4.25. The van der Waals surface area contributed by atoms with Crippen LogP contribution < -0.4 is 9.62 Å². The first-order valence-corrected chi connectivity index (χ1v) is 11.8. The van der Waals surface area contributed by atoms with Gasteiger partial charge in [0.1, 0.15) is 16.3 Å². The maximum absolute atomic E-state index is 14.5. The summed E-state index contributed by atoms with van der Waals surface area (Å²) in [5.41, 5.74) is 1.87. The van der Waals surface area contributed by atoms with Gasteiger partial charge in [0.05, 0.1) is 10.9 Å². The van der Waals surface area contributed by atoms with Crippen molar-refractivity contribution in [3.05, 3.63) is 65.8 Å². The second-order valence-corrected chi connectivity index (χ2v) is 9.36. The number of halogens is 1. The monoisotopic (exact) mass is 453 g/mol. The predicted molar refractivity (Wildman–Crippen MR) is 119 cm³/mol. The van der Waals surface area contributed by atoms with Gasteiger partial charge in [-0.2, -0.15) is 0 Å². The van der Waals surface area contributed by atoms with E-state index in [2.05, 4.69) is 4.98 Å². The van der Waals surface area contributed by atoms with Crippen LogP contribution in [0.4, 0.5) is 10.1 Å². The first-order chi connectivity index (χ1) is 15.4. The van der Waals surface area contributed by atoms with Crippen LogP contribution in [0.1, 0.15) is 29.6 Å². The standard InChI is InChI=1S/C23H20FN3O4S/c1-2-15-8-7-14-5-3-6-21(22(14)25-15)32(29,30)26-23(28)20-13-17-18(24)11-16(12-19(17)31-20)27-9-4-10-27/h3,5-8,11-13H,2,4,9-10H2,1H3,(H,26,28). The molecule has 9 heteroatoms. The third kappa shape index (κ3) is 3.48. The van der Waals surface area contributed by atoms with Crippen molar-refractivity contribution in [1.82, 2.24) is 9.71 Å². The molecule has 164 valence electrons. The van der Waals surface area contributed by atoms with Gasteiger partial charge in [-0.15, -0.1) is 0 Å². The Bertz CT molecular complexity index is 1480. The van der Waals surface area contributed by atoms with Gasteiger partial charge < -0.3 is 9.32 Å². The molecule has 0 aliphatic carbocycles. The van der Waals surface area contributed by atoms with Crippen LogP contribution in [0, 0.1) is 5.82 Å². The summed E-state index contributed by atoms with van der Waals surface area (Å²) in [5.74, 6) is -1.79. The maximum Gasteiger partial charge on any atom is 0.300 e. The predicted octanol–water partition coefficient (Wildman–Crippen LogP) is 4.01. The van der Waals surface area contributed by atoms with Crippen molar-refractivity contribution in [3.8, 4) is 0 Å². The van der Waals surface area contributed by atoms with Crippen LogP contribution in [0.15, 0.2) is 57.8 Å². The van der Waals surface area contributed by atoms with Gasteiger partial charge in [0.25, 0.3) is 10.0 Å². The molecule has 1 saturated heterocycles. The number of nitrogens with one attached hydrogen (secondary N) is 1. The number of hydrogen-bond donors (Lipinski definition) is 1. The molecular weight excluding hydrogens is 433 g/mol. The van der Waals surface area contributed by atoms with Crippen LogP contribution >= 0.6 is 0 Å². The summed E-state index contributed by atoms with van der Waals surface area (Å²) in [6.45, 7) is 3.58. The number of furan rings is 1. The van der Waals surface area contributed by atoms with Crippen molar-refractivity contribution in [2.45, 2.75) is 24.7 Å². The van der Waals surface area contributed by atoms with Crippen molar-refractivity contribution in [2.75, 3.05) is 18.0 Å². The number of benzene rings is 2. The molecule has 2 aromatic heterocycles. The van der Waals surface area contributed by atoms with Crippen LogP contribution in [-0.4, -0.2) is 32.4 Å². The minimum Gasteiger partial charge on any atom is -0.451 e. The Morgan fingerprint density at radius 1 is 1.19 bits per heavy atom. The summed E-state index contributed by atoms with van der Waals surface area (Å²) in [4.78, 5) is 19.0. The zero-order valence-corrected chi connectivity index (χ0v) is 18.1. The number of hydrogen-bond acceptors (Lipinski definition) is 6. The number of sulfonamides is 1. The molecule has 7 nitrogen and oxygen atoms in total. The molecule has 0 atom stereocenters. The number of rotatable bonds is 5. The minimum atomic E-state index is -4.25. The Kier molecular flexibility index (Phi) is 4.85. The van der Waals surface area contributed by atoms with E-state index in [0.29, 0.717) is 17.5 Å². The van der Waals surface area contributed by atoms with Crippen LogP contribution in [0.5, 0.6) is 0 Å². The Balaban J connectivity index is 1.48. The number of carbonyl (C=O) groups is 1. The molecule has 0 spiro atoms. The lowest BCUT2D eigenvalue weighted by Crippen LogP contribution is -2.36. The summed E-state index contributed by atoms with van der Waals surface area (Å²) in [6.07, 6.45) is 1.67. The Morgan fingerprint density at radius 3 is 2.72 bits per heavy atom. The molecular formula is C23H20FN3O4S. The number of pyridine rings is 1. The number of nitrogens with zero attached hydrogens (tertiary/aromatic N) is 2. The normalized spacial score (nSPS) is 14.0. The molecule has 0 bridgehead atoms. The molecule has 1 fully saturated rings. The Morgan fingerprint density at radius 2 is 2.00 bits per heavy atom. The van der Waals surface area contributed by atoms with E-state index in [0.717, 1.165) is 25.2 Å². The number of aryl methyl sites for hydroxylation is 1. The lowest BCUT2D eigenvalue weighted by molar-refractivity contribution is 0.0956. The van der Waals surface area contributed by atoms with Crippen LogP contribution in [0.3, 0.4) is 0 Å². The zero-order valence-electron chi connectivity index (χ0n) is 17.3. The van der Waals surface area contributed by atoms with Gasteiger partial charge in [-0.3, -0.25) is 9.78 Å². The number of aromatic nitrogens is 1. The fraction of sp³-hybridized carbons (Fsp3) is 0.217. The molecule has 1 aliphatic rings. The van der Waals surface area contributed by atoms with E-state index in [1.54, 1.807) is 24.3 Å². The van der Waals surface area contributed by atoms with Gasteiger partial charge in [-0.05, 0) is 31.0 Å². The van der Waals surface area contributed by atoms with Crippen molar-refractivity contribution < 1.29 is 22.0 Å². The average molecular weight is 453 g/mol. The highest BCUT2D eigenvalue weighted by Crippen LogP contribution is 2.30. The van der Waals surface area contributed by atoms with Crippen molar-refractivity contribution in [2.24, 2.45) is 0 Å². The van der Waals surface area contributed by atoms with E-state index in [9.17, 15) is 17.6 Å². The minimum absolute atomic E-state index is 0.110. The average Bonchev–Trinajstić information content (AvgIpc) is 3.16. The second kappa shape index (κ2) is 7.59. The molecule has 1 amide bonds. The summed E-state index contributed by atoms with van der Waals surface area (Å²) < 4.78 is 48.1. The van der Waals surface area contributed by atoms with Crippen molar-refractivity contribution in [1.29, 1.82) is 0 Å². The Hall–Kier alpha value is -3.46. The number of anilines is 1. The maximum atomic E-state index is 14.5. The van der Waals surface area contributed by atoms with Gasteiger partial charge in [0, 0.05) is 42.0 Å². The molecule has 0 unspecified atom stereocenters. The number of carbonyl (C=O) groups excluding carboxylic acids is 1. The molecule has 4 aromatic rings. The lowest BCUT2D eigenvalue weighted by Gasteiger charge is -2.33. The summed E-state index contributed by atoms with van der Waals surface area (Å²) in [5, 5.41) is 0.762. The van der Waals surface area contributed by atoms with Crippen molar-refractivity contribution in [3.63, 3.8) is 0 Å². The summed E-state index contributed by atoms with van der Waals surface area (Å²) in [6, 6.07) is 12.6. The van der Waals surface area contributed by atoms with Gasteiger partial charge in [-0.1, -0.05) is 25.1 Å². The quantitative estimate of drug-likeness (QED) is 0.491. The van der Waals surface area contributed by atoms with Gasteiger partial charge in [0.2, 0.25) is 0 Å². The van der Waals surface area contributed by atoms with E-state index in [-0.39, 0.29) is 27.1 Å². The van der Waals surface area contributed by atoms with E-state index in [1.807, 2.05) is 22.6 Å². The van der Waals surface area contributed by atoms with Gasteiger partial charge in [-0.25, -0.2) is 17.5 Å². The first-order valence-electron chi connectivity index (χ1n) is 10.3. The first kappa shape index (κ1) is 20.4. The van der Waals surface area contributed by atoms with Crippen LogP contribution in [0.25, 0.3) is 21.9 Å². The number of para-hydroxylation sites is 1. The highest BCUT2D eigenvalue weighted by atomic mass is 32.2. The molecule has 3 heterocycles. The van der Waals surface area contributed by atoms with Gasteiger partial charge >= 0.3 is 5.91 Å². The third-order valence-electron chi connectivity index (χ3n) is 5.64. The molecule has 1 aliphatic heterocycles.